The van der Waals surface area contributed by atoms with E-state index in [0.29, 0.717) is 17.7 Å². The predicted octanol–water partition coefficient (Wildman–Crippen LogP) is 3.45. The fraction of sp³-hybridized carbons (Fsp3) is 0.300. The molecule has 4 nitrogen and oxygen atoms in total. The lowest BCUT2D eigenvalue weighted by Crippen LogP contribution is -2.32. The SMILES string of the molecule is CCC(C)NC(=O)c1ccc(C(=O)NCc2ccccc2C)cc1. The average Bonchev–Trinajstić information content (AvgIpc) is 2.60. The fourth-order valence-electron chi connectivity index (χ4n) is 2.27. The van der Waals surface area contributed by atoms with Crippen molar-refractivity contribution in [2.45, 2.75) is 39.8 Å². The lowest BCUT2D eigenvalue weighted by atomic mass is 10.1. The van der Waals surface area contributed by atoms with Crippen molar-refractivity contribution in [3.8, 4) is 0 Å². The maximum atomic E-state index is 12.2. The van der Waals surface area contributed by atoms with E-state index in [4.69, 9.17) is 0 Å². The Labute approximate surface area is 143 Å². The second kappa shape index (κ2) is 8.29. The highest BCUT2D eigenvalue weighted by molar-refractivity contribution is 5.97. The highest BCUT2D eigenvalue weighted by Gasteiger charge is 2.10. The molecule has 24 heavy (non-hydrogen) atoms. The quantitative estimate of drug-likeness (QED) is 0.855. The molecule has 0 saturated heterocycles. The van der Waals surface area contributed by atoms with Gasteiger partial charge in [0.2, 0.25) is 0 Å². The van der Waals surface area contributed by atoms with Crippen LogP contribution in [0.3, 0.4) is 0 Å². The number of benzene rings is 2. The van der Waals surface area contributed by atoms with Crippen LogP contribution in [0.4, 0.5) is 0 Å². The van der Waals surface area contributed by atoms with Crippen molar-refractivity contribution in [1.82, 2.24) is 10.6 Å². The summed E-state index contributed by atoms with van der Waals surface area (Å²) in [5.74, 6) is -0.261. The summed E-state index contributed by atoms with van der Waals surface area (Å²) in [4.78, 5) is 24.3. The van der Waals surface area contributed by atoms with Gasteiger partial charge >= 0.3 is 0 Å². The monoisotopic (exact) mass is 324 g/mol. The molecule has 0 fully saturated rings. The summed E-state index contributed by atoms with van der Waals surface area (Å²) in [7, 11) is 0. The Morgan fingerprint density at radius 2 is 1.54 bits per heavy atom. The molecular weight excluding hydrogens is 300 g/mol. The number of hydrogen-bond donors (Lipinski definition) is 2. The maximum Gasteiger partial charge on any atom is 0.251 e. The first-order chi connectivity index (χ1) is 11.5. The van der Waals surface area contributed by atoms with Gasteiger partial charge in [-0.1, -0.05) is 31.2 Å². The minimum Gasteiger partial charge on any atom is -0.350 e. The summed E-state index contributed by atoms with van der Waals surface area (Å²) in [6.45, 7) is 6.49. The van der Waals surface area contributed by atoms with Crippen molar-refractivity contribution in [2.75, 3.05) is 0 Å². The van der Waals surface area contributed by atoms with Crippen molar-refractivity contribution < 1.29 is 9.59 Å². The van der Waals surface area contributed by atoms with E-state index in [2.05, 4.69) is 10.6 Å². The number of carbonyl (C=O) groups is 2. The summed E-state index contributed by atoms with van der Waals surface area (Å²) < 4.78 is 0. The molecule has 0 saturated carbocycles. The van der Waals surface area contributed by atoms with Crippen LogP contribution in [0.25, 0.3) is 0 Å². The molecule has 0 aromatic heterocycles. The Morgan fingerprint density at radius 3 is 2.12 bits per heavy atom. The highest BCUT2D eigenvalue weighted by atomic mass is 16.2. The summed E-state index contributed by atoms with van der Waals surface area (Å²) >= 11 is 0. The minimum atomic E-state index is -0.146. The summed E-state index contributed by atoms with van der Waals surface area (Å²) in [6.07, 6.45) is 0.880. The van der Waals surface area contributed by atoms with E-state index >= 15 is 0 Å². The van der Waals surface area contributed by atoms with E-state index < -0.39 is 0 Å². The van der Waals surface area contributed by atoms with Gasteiger partial charge in [-0.2, -0.15) is 0 Å². The van der Waals surface area contributed by atoms with E-state index in [1.54, 1.807) is 24.3 Å². The van der Waals surface area contributed by atoms with E-state index in [1.165, 1.54) is 0 Å². The van der Waals surface area contributed by atoms with Gasteiger partial charge in [0.1, 0.15) is 0 Å². The van der Waals surface area contributed by atoms with Crippen molar-refractivity contribution in [2.24, 2.45) is 0 Å². The molecule has 0 aliphatic heterocycles. The number of amides is 2. The molecule has 0 spiro atoms. The van der Waals surface area contributed by atoms with Crippen molar-refractivity contribution in [3.05, 3.63) is 70.8 Å². The Morgan fingerprint density at radius 1 is 0.958 bits per heavy atom. The number of rotatable bonds is 6. The smallest absolute Gasteiger partial charge is 0.251 e. The predicted molar refractivity (Wildman–Crippen MR) is 96.0 cm³/mol. The molecule has 4 heteroatoms. The number of hydrogen-bond acceptors (Lipinski definition) is 2. The first kappa shape index (κ1) is 17.7. The third-order valence-corrected chi connectivity index (χ3v) is 4.10. The third-order valence-electron chi connectivity index (χ3n) is 4.10. The van der Waals surface area contributed by atoms with Gasteiger partial charge in [0.25, 0.3) is 11.8 Å². The zero-order chi connectivity index (χ0) is 17.5. The molecular formula is C20H24N2O2. The van der Waals surface area contributed by atoms with E-state index in [1.807, 2.05) is 45.0 Å². The van der Waals surface area contributed by atoms with Crippen LogP contribution in [0.1, 0.15) is 52.1 Å². The topological polar surface area (TPSA) is 58.2 Å². The van der Waals surface area contributed by atoms with Crippen molar-refractivity contribution in [3.63, 3.8) is 0 Å². The third kappa shape index (κ3) is 4.69. The lowest BCUT2D eigenvalue weighted by Gasteiger charge is -2.12. The standard InChI is InChI=1S/C20H24N2O2/c1-4-15(3)22-20(24)17-11-9-16(10-12-17)19(23)21-13-18-8-6-5-7-14(18)2/h5-12,15H,4,13H2,1-3H3,(H,21,23)(H,22,24). The lowest BCUT2D eigenvalue weighted by molar-refractivity contribution is 0.0931. The number of carbonyl (C=O) groups excluding carboxylic acids is 2. The van der Waals surface area contributed by atoms with Crippen LogP contribution >= 0.6 is 0 Å². The molecule has 2 aromatic rings. The van der Waals surface area contributed by atoms with Gasteiger partial charge < -0.3 is 10.6 Å². The van der Waals surface area contributed by atoms with Crippen molar-refractivity contribution >= 4 is 11.8 Å². The second-order valence-corrected chi connectivity index (χ2v) is 5.97. The molecule has 126 valence electrons. The van der Waals surface area contributed by atoms with Crippen LogP contribution in [0.5, 0.6) is 0 Å². The van der Waals surface area contributed by atoms with Crippen LogP contribution < -0.4 is 10.6 Å². The fourth-order valence-corrected chi connectivity index (χ4v) is 2.27. The molecule has 2 N–H and O–H groups in total. The van der Waals surface area contributed by atoms with Crippen LogP contribution in [-0.2, 0) is 6.54 Å². The second-order valence-electron chi connectivity index (χ2n) is 5.97. The molecule has 2 amide bonds. The molecule has 0 heterocycles. The van der Waals surface area contributed by atoms with Crippen molar-refractivity contribution in [1.29, 1.82) is 0 Å². The van der Waals surface area contributed by atoms with Gasteiger partial charge in [-0.3, -0.25) is 9.59 Å². The van der Waals surface area contributed by atoms with Gasteiger partial charge in [0.05, 0.1) is 0 Å². The summed E-state index contributed by atoms with van der Waals surface area (Å²) in [5, 5.41) is 5.81. The molecule has 2 aromatic carbocycles. The van der Waals surface area contributed by atoms with Gasteiger partial charge in [-0.05, 0) is 55.7 Å². The number of nitrogens with one attached hydrogen (secondary N) is 2. The molecule has 0 aliphatic rings. The van der Waals surface area contributed by atoms with Crippen LogP contribution in [-0.4, -0.2) is 17.9 Å². The molecule has 0 radical (unpaired) electrons. The first-order valence-corrected chi connectivity index (χ1v) is 8.25. The van der Waals surface area contributed by atoms with Gasteiger partial charge in [-0.25, -0.2) is 0 Å². The van der Waals surface area contributed by atoms with Crippen LogP contribution in [0.15, 0.2) is 48.5 Å². The molecule has 1 atom stereocenters. The molecule has 0 bridgehead atoms. The number of aryl methyl sites for hydroxylation is 1. The zero-order valence-electron chi connectivity index (χ0n) is 14.4. The van der Waals surface area contributed by atoms with E-state index in [9.17, 15) is 9.59 Å². The van der Waals surface area contributed by atoms with E-state index in [0.717, 1.165) is 17.5 Å². The summed E-state index contributed by atoms with van der Waals surface area (Å²) in [6, 6.07) is 14.8. The van der Waals surface area contributed by atoms with Gasteiger partial charge in [0, 0.05) is 23.7 Å². The molecule has 2 rings (SSSR count). The average molecular weight is 324 g/mol. The van der Waals surface area contributed by atoms with E-state index in [-0.39, 0.29) is 17.9 Å². The normalized spacial score (nSPS) is 11.6. The van der Waals surface area contributed by atoms with Gasteiger partial charge in [0.15, 0.2) is 0 Å². The maximum absolute atomic E-state index is 12.2. The van der Waals surface area contributed by atoms with Crippen LogP contribution in [0, 0.1) is 6.92 Å². The zero-order valence-corrected chi connectivity index (χ0v) is 14.4. The Kier molecular flexibility index (Phi) is 6.13. The largest absolute Gasteiger partial charge is 0.350 e. The minimum absolute atomic E-state index is 0.115. The Bertz CT molecular complexity index is 708. The Hall–Kier alpha value is -2.62. The Balaban J connectivity index is 1.96. The molecule has 0 aliphatic carbocycles. The van der Waals surface area contributed by atoms with Gasteiger partial charge in [-0.15, -0.1) is 0 Å². The first-order valence-electron chi connectivity index (χ1n) is 8.25. The van der Waals surface area contributed by atoms with Crippen LogP contribution in [0.2, 0.25) is 0 Å². The summed E-state index contributed by atoms with van der Waals surface area (Å²) in [5.41, 5.74) is 3.35. The highest BCUT2D eigenvalue weighted by Crippen LogP contribution is 2.08. The molecule has 1 unspecified atom stereocenters.